The van der Waals surface area contributed by atoms with Gasteiger partial charge in [0.1, 0.15) is 11.6 Å². The van der Waals surface area contributed by atoms with Crippen LogP contribution in [0.1, 0.15) is 25.0 Å². The molecule has 29 heavy (non-hydrogen) atoms. The number of nitrogens with one attached hydrogen (secondary N) is 1. The van der Waals surface area contributed by atoms with Crippen LogP contribution in [0.3, 0.4) is 0 Å². The zero-order valence-corrected chi connectivity index (χ0v) is 16.7. The molecule has 3 aromatic rings. The summed E-state index contributed by atoms with van der Waals surface area (Å²) in [5, 5.41) is 0.508. The summed E-state index contributed by atoms with van der Waals surface area (Å²) in [6.07, 6.45) is 5.27. The topological polar surface area (TPSA) is 80.3 Å². The number of aromatic amines is 1. The van der Waals surface area contributed by atoms with Gasteiger partial charge < -0.3 is 19.4 Å². The van der Waals surface area contributed by atoms with Gasteiger partial charge in [0.05, 0.1) is 36.0 Å². The smallest absolute Gasteiger partial charge is 0.259 e. The van der Waals surface area contributed by atoms with Gasteiger partial charge >= 0.3 is 0 Å². The highest BCUT2D eigenvalue weighted by Crippen LogP contribution is 2.20. The van der Waals surface area contributed by atoms with Crippen LogP contribution >= 0.6 is 0 Å². The Balaban J connectivity index is 1.42. The van der Waals surface area contributed by atoms with Gasteiger partial charge in [0.15, 0.2) is 0 Å². The van der Waals surface area contributed by atoms with Crippen LogP contribution in [0.15, 0.2) is 41.3 Å². The van der Waals surface area contributed by atoms with E-state index in [0.717, 1.165) is 24.3 Å². The van der Waals surface area contributed by atoms with Gasteiger partial charge in [-0.05, 0) is 62.7 Å². The van der Waals surface area contributed by atoms with Crippen LogP contribution in [0.2, 0.25) is 0 Å². The van der Waals surface area contributed by atoms with Crippen molar-refractivity contribution in [3.8, 4) is 17.1 Å². The predicted molar refractivity (Wildman–Crippen MR) is 112 cm³/mol. The normalized spacial score (nSPS) is 14.5. The molecule has 152 valence electrons. The molecule has 1 fully saturated rings. The first-order chi connectivity index (χ1) is 14.2. The van der Waals surface area contributed by atoms with Gasteiger partial charge in [0, 0.05) is 19.2 Å². The highest BCUT2D eigenvalue weighted by molar-refractivity contribution is 5.79. The Bertz CT molecular complexity index is 1010. The number of likely N-dealkylation sites (tertiary alicyclic amines) is 1. The van der Waals surface area contributed by atoms with Gasteiger partial charge in [0.25, 0.3) is 5.56 Å². The van der Waals surface area contributed by atoms with E-state index in [1.165, 1.54) is 25.9 Å². The molecular formula is C22H26N4O3. The van der Waals surface area contributed by atoms with Crippen LogP contribution in [-0.4, -0.2) is 53.2 Å². The number of benzene rings is 1. The first kappa shape index (κ1) is 19.5. The Morgan fingerprint density at radius 2 is 1.97 bits per heavy atom. The maximum Gasteiger partial charge on any atom is 0.259 e. The van der Waals surface area contributed by atoms with E-state index in [9.17, 15) is 4.79 Å². The molecule has 4 rings (SSSR count). The Kier molecular flexibility index (Phi) is 6.17. The number of H-pyrrole nitrogens is 1. The lowest BCUT2D eigenvalue weighted by Crippen LogP contribution is -2.21. The predicted octanol–water partition coefficient (Wildman–Crippen LogP) is 3.00. The molecule has 3 heterocycles. The Morgan fingerprint density at radius 1 is 1.17 bits per heavy atom. The van der Waals surface area contributed by atoms with Crippen molar-refractivity contribution >= 4 is 10.9 Å². The van der Waals surface area contributed by atoms with E-state index in [4.69, 9.17) is 9.47 Å². The van der Waals surface area contributed by atoms with E-state index in [1.54, 1.807) is 19.4 Å². The fraction of sp³-hybridized carbons (Fsp3) is 0.409. The van der Waals surface area contributed by atoms with E-state index < -0.39 is 0 Å². The summed E-state index contributed by atoms with van der Waals surface area (Å²) in [7, 11) is 1.60. The second kappa shape index (κ2) is 9.15. The van der Waals surface area contributed by atoms with Crippen molar-refractivity contribution in [1.82, 2.24) is 19.9 Å². The van der Waals surface area contributed by atoms with E-state index in [0.29, 0.717) is 35.6 Å². The molecule has 7 nitrogen and oxygen atoms in total. The third-order valence-corrected chi connectivity index (χ3v) is 5.15. The standard InChI is InChI=1S/C22H26N4O3/c1-28-15-17-13-19-20(14-23-17)24-21(25-22(19)27)16-5-7-18(8-6-16)29-12-4-11-26-9-2-3-10-26/h5-8,13-14H,2-4,9-12,15H2,1H3,(H,24,25,27). The van der Waals surface area contributed by atoms with E-state index in [1.807, 2.05) is 24.3 Å². The summed E-state index contributed by atoms with van der Waals surface area (Å²) in [6.45, 7) is 4.59. The van der Waals surface area contributed by atoms with E-state index >= 15 is 0 Å². The number of rotatable bonds is 8. The first-order valence-electron chi connectivity index (χ1n) is 10.1. The summed E-state index contributed by atoms with van der Waals surface area (Å²) in [5.41, 5.74) is 1.90. The Labute approximate surface area is 169 Å². The van der Waals surface area contributed by atoms with Crippen LogP contribution < -0.4 is 10.3 Å². The average molecular weight is 394 g/mol. The van der Waals surface area contributed by atoms with Crippen molar-refractivity contribution in [1.29, 1.82) is 0 Å². The number of fused-ring (bicyclic) bond motifs is 1. The summed E-state index contributed by atoms with van der Waals surface area (Å²) < 4.78 is 10.9. The van der Waals surface area contributed by atoms with Gasteiger partial charge in [-0.1, -0.05) is 0 Å². The number of hydrogen-bond donors (Lipinski definition) is 1. The zero-order valence-electron chi connectivity index (χ0n) is 16.7. The molecule has 0 spiro atoms. The average Bonchev–Trinajstić information content (AvgIpc) is 3.26. The molecule has 1 N–H and O–H groups in total. The molecule has 7 heteroatoms. The molecule has 0 atom stereocenters. The number of aromatic nitrogens is 3. The molecular weight excluding hydrogens is 368 g/mol. The number of pyridine rings is 1. The maximum absolute atomic E-state index is 12.5. The van der Waals surface area contributed by atoms with Crippen molar-refractivity contribution in [3.63, 3.8) is 0 Å². The molecule has 0 bridgehead atoms. The first-order valence-corrected chi connectivity index (χ1v) is 10.1. The Morgan fingerprint density at radius 3 is 2.72 bits per heavy atom. The number of nitrogens with zero attached hydrogens (tertiary/aromatic N) is 3. The SMILES string of the molecule is COCc1cc2c(=O)[nH]c(-c3ccc(OCCCN4CCCC4)cc3)nc2cn1. The van der Waals surface area contributed by atoms with Gasteiger partial charge in [-0.3, -0.25) is 9.78 Å². The van der Waals surface area contributed by atoms with Crippen molar-refractivity contribution < 1.29 is 9.47 Å². The minimum Gasteiger partial charge on any atom is -0.494 e. The van der Waals surface area contributed by atoms with Crippen molar-refractivity contribution in [3.05, 3.63) is 52.6 Å². The lowest BCUT2D eigenvalue weighted by Gasteiger charge is -2.14. The second-order valence-corrected chi connectivity index (χ2v) is 7.32. The molecule has 1 saturated heterocycles. The maximum atomic E-state index is 12.5. The largest absolute Gasteiger partial charge is 0.494 e. The minimum atomic E-state index is -0.188. The lowest BCUT2D eigenvalue weighted by molar-refractivity contribution is 0.181. The summed E-state index contributed by atoms with van der Waals surface area (Å²) >= 11 is 0. The summed E-state index contributed by atoms with van der Waals surface area (Å²) in [5.74, 6) is 1.34. The fourth-order valence-corrected chi connectivity index (χ4v) is 3.64. The summed E-state index contributed by atoms with van der Waals surface area (Å²) in [6, 6.07) is 9.36. The molecule has 0 amide bonds. The van der Waals surface area contributed by atoms with Crippen molar-refractivity contribution in [2.75, 3.05) is 33.4 Å². The van der Waals surface area contributed by atoms with Crippen LogP contribution in [0.5, 0.6) is 5.75 Å². The van der Waals surface area contributed by atoms with Crippen LogP contribution in [0, 0.1) is 0 Å². The third kappa shape index (κ3) is 4.81. The molecule has 1 aliphatic heterocycles. The Hall–Kier alpha value is -2.77. The van der Waals surface area contributed by atoms with Gasteiger partial charge in [-0.2, -0.15) is 0 Å². The number of ether oxygens (including phenoxy) is 2. The molecule has 1 aromatic carbocycles. The van der Waals surface area contributed by atoms with Crippen LogP contribution in [0.25, 0.3) is 22.3 Å². The zero-order chi connectivity index (χ0) is 20.1. The van der Waals surface area contributed by atoms with Crippen LogP contribution in [0.4, 0.5) is 0 Å². The minimum absolute atomic E-state index is 0.188. The molecule has 0 aliphatic carbocycles. The van der Waals surface area contributed by atoms with E-state index in [2.05, 4.69) is 19.9 Å². The quantitative estimate of drug-likeness (QED) is 0.592. The molecule has 0 unspecified atom stereocenters. The molecule has 1 aliphatic rings. The highest BCUT2D eigenvalue weighted by Gasteiger charge is 2.11. The van der Waals surface area contributed by atoms with E-state index in [-0.39, 0.29) is 5.56 Å². The third-order valence-electron chi connectivity index (χ3n) is 5.15. The monoisotopic (exact) mass is 394 g/mol. The summed E-state index contributed by atoms with van der Waals surface area (Å²) in [4.78, 5) is 26.7. The molecule has 0 radical (unpaired) electrons. The van der Waals surface area contributed by atoms with Crippen LogP contribution in [-0.2, 0) is 11.3 Å². The molecule has 0 saturated carbocycles. The van der Waals surface area contributed by atoms with Crippen molar-refractivity contribution in [2.24, 2.45) is 0 Å². The van der Waals surface area contributed by atoms with Crippen molar-refractivity contribution in [2.45, 2.75) is 25.9 Å². The highest BCUT2D eigenvalue weighted by atomic mass is 16.5. The molecule has 2 aromatic heterocycles. The lowest BCUT2D eigenvalue weighted by atomic mass is 10.2. The number of methoxy groups -OCH3 is 1. The van der Waals surface area contributed by atoms with Gasteiger partial charge in [-0.15, -0.1) is 0 Å². The fourth-order valence-electron chi connectivity index (χ4n) is 3.64. The second-order valence-electron chi connectivity index (χ2n) is 7.32. The number of hydrogen-bond acceptors (Lipinski definition) is 6. The van der Waals surface area contributed by atoms with Gasteiger partial charge in [0.2, 0.25) is 0 Å². The van der Waals surface area contributed by atoms with Gasteiger partial charge in [-0.25, -0.2) is 4.98 Å².